The van der Waals surface area contributed by atoms with Crippen LogP contribution in [0.25, 0.3) is 0 Å². The van der Waals surface area contributed by atoms with Crippen molar-refractivity contribution in [3.05, 3.63) is 65.5 Å². The fourth-order valence-corrected chi connectivity index (χ4v) is 5.06. The van der Waals surface area contributed by atoms with Gasteiger partial charge in [-0.1, -0.05) is 29.8 Å². The number of sulfonamides is 1. The van der Waals surface area contributed by atoms with Gasteiger partial charge in [0, 0.05) is 19.6 Å². The van der Waals surface area contributed by atoms with E-state index >= 15 is 0 Å². The lowest BCUT2D eigenvalue weighted by molar-refractivity contribution is -0.126. The van der Waals surface area contributed by atoms with E-state index in [1.165, 1.54) is 27.6 Å². The maximum absolute atomic E-state index is 13.1. The zero-order valence-electron chi connectivity index (χ0n) is 16.6. The molecule has 1 aliphatic heterocycles. The van der Waals surface area contributed by atoms with Crippen LogP contribution in [0.2, 0.25) is 0 Å². The number of benzene rings is 2. The Kier molecular flexibility index (Phi) is 7.03. The van der Waals surface area contributed by atoms with Crippen molar-refractivity contribution in [3.63, 3.8) is 0 Å². The summed E-state index contributed by atoms with van der Waals surface area (Å²) in [6.45, 7) is 3.14. The van der Waals surface area contributed by atoms with Gasteiger partial charge < -0.3 is 5.32 Å². The number of hydrogen-bond acceptors (Lipinski definition) is 3. The van der Waals surface area contributed by atoms with Gasteiger partial charge >= 0.3 is 0 Å². The van der Waals surface area contributed by atoms with E-state index in [1.807, 2.05) is 6.92 Å². The highest BCUT2D eigenvalue weighted by molar-refractivity contribution is 7.89. The van der Waals surface area contributed by atoms with Gasteiger partial charge in [-0.3, -0.25) is 4.79 Å². The van der Waals surface area contributed by atoms with E-state index in [4.69, 9.17) is 0 Å². The Balaban J connectivity index is 1.51. The number of aryl methyl sites for hydroxylation is 2. The fraction of sp³-hybridized carbons (Fsp3) is 0.409. The third-order valence-corrected chi connectivity index (χ3v) is 7.15. The highest BCUT2D eigenvalue weighted by atomic mass is 32.2. The number of nitrogens with zero attached hydrogens (tertiary/aromatic N) is 1. The monoisotopic (exact) mass is 418 g/mol. The Labute approximate surface area is 172 Å². The van der Waals surface area contributed by atoms with E-state index in [0.29, 0.717) is 25.9 Å². The molecule has 0 bridgehead atoms. The minimum atomic E-state index is -3.72. The number of hydrogen-bond donors (Lipinski definition) is 1. The van der Waals surface area contributed by atoms with Crippen LogP contribution in [0.15, 0.2) is 53.4 Å². The topological polar surface area (TPSA) is 66.5 Å². The second-order valence-electron chi connectivity index (χ2n) is 7.54. The second-order valence-corrected chi connectivity index (χ2v) is 9.47. The molecule has 0 radical (unpaired) electrons. The molecule has 0 saturated carbocycles. The second kappa shape index (κ2) is 9.50. The summed E-state index contributed by atoms with van der Waals surface area (Å²) in [6, 6.07) is 13.1. The van der Waals surface area contributed by atoms with Crippen molar-refractivity contribution in [2.75, 3.05) is 19.6 Å². The Morgan fingerprint density at radius 2 is 1.83 bits per heavy atom. The molecule has 1 heterocycles. The Morgan fingerprint density at radius 1 is 1.14 bits per heavy atom. The molecule has 0 spiro atoms. The molecule has 1 aliphatic rings. The van der Waals surface area contributed by atoms with Crippen LogP contribution >= 0.6 is 0 Å². The van der Waals surface area contributed by atoms with Crippen molar-refractivity contribution in [2.24, 2.45) is 5.92 Å². The van der Waals surface area contributed by atoms with Crippen LogP contribution in [0.5, 0.6) is 0 Å². The van der Waals surface area contributed by atoms with Crippen LogP contribution in [0.4, 0.5) is 4.39 Å². The first-order valence-corrected chi connectivity index (χ1v) is 11.4. The molecule has 2 aromatic rings. The standard InChI is InChI=1S/C22H27FN2O3S/c1-17-6-8-18(9-7-17)4-2-14-24-22(26)19-5-3-15-25(16-19)29(27,28)21-12-10-20(23)11-13-21/h6-13,19H,2-5,14-16H2,1H3,(H,24,26)/t19-/m0/s1. The lowest BCUT2D eigenvalue weighted by Crippen LogP contribution is -2.45. The Bertz CT molecular complexity index is 928. The molecule has 0 aromatic heterocycles. The molecular weight excluding hydrogens is 391 g/mol. The summed E-state index contributed by atoms with van der Waals surface area (Å²) in [4.78, 5) is 12.6. The fourth-order valence-electron chi connectivity index (χ4n) is 3.53. The van der Waals surface area contributed by atoms with Crippen molar-refractivity contribution in [2.45, 2.75) is 37.5 Å². The predicted molar refractivity (Wildman–Crippen MR) is 110 cm³/mol. The third kappa shape index (κ3) is 5.64. The number of piperidine rings is 1. The van der Waals surface area contributed by atoms with Gasteiger partial charge in [0.25, 0.3) is 0 Å². The van der Waals surface area contributed by atoms with Gasteiger partial charge in [0.1, 0.15) is 5.82 Å². The summed E-state index contributed by atoms with van der Waals surface area (Å²) >= 11 is 0. The van der Waals surface area contributed by atoms with Crippen LogP contribution in [0.1, 0.15) is 30.4 Å². The minimum absolute atomic E-state index is 0.0538. The van der Waals surface area contributed by atoms with Crippen molar-refractivity contribution in [3.8, 4) is 0 Å². The van der Waals surface area contributed by atoms with Gasteiger partial charge in [0.15, 0.2) is 0 Å². The minimum Gasteiger partial charge on any atom is -0.356 e. The van der Waals surface area contributed by atoms with Gasteiger partial charge in [-0.05, 0) is 62.4 Å². The molecule has 2 aromatic carbocycles. The predicted octanol–water partition coefficient (Wildman–Crippen LogP) is 3.28. The Morgan fingerprint density at radius 3 is 2.52 bits per heavy atom. The van der Waals surface area contributed by atoms with Crippen molar-refractivity contribution in [1.29, 1.82) is 0 Å². The zero-order chi connectivity index (χ0) is 20.9. The first-order valence-electron chi connectivity index (χ1n) is 9.95. The highest BCUT2D eigenvalue weighted by Crippen LogP contribution is 2.24. The number of rotatable bonds is 7. The molecule has 156 valence electrons. The zero-order valence-corrected chi connectivity index (χ0v) is 17.4. The van der Waals surface area contributed by atoms with E-state index in [2.05, 4.69) is 29.6 Å². The third-order valence-electron chi connectivity index (χ3n) is 5.27. The summed E-state index contributed by atoms with van der Waals surface area (Å²) in [7, 11) is -3.72. The molecular formula is C22H27FN2O3S. The molecule has 5 nitrogen and oxygen atoms in total. The number of carbonyl (C=O) groups excluding carboxylic acids is 1. The Hall–Kier alpha value is -2.25. The summed E-state index contributed by atoms with van der Waals surface area (Å²) in [5, 5.41) is 2.94. The van der Waals surface area contributed by atoms with Crippen LogP contribution in [0.3, 0.4) is 0 Å². The summed E-state index contributed by atoms with van der Waals surface area (Å²) in [5.41, 5.74) is 2.46. The van der Waals surface area contributed by atoms with E-state index in [9.17, 15) is 17.6 Å². The molecule has 1 fully saturated rings. The highest BCUT2D eigenvalue weighted by Gasteiger charge is 2.33. The van der Waals surface area contributed by atoms with Crippen LogP contribution in [0, 0.1) is 18.7 Å². The van der Waals surface area contributed by atoms with Crippen LogP contribution < -0.4 is 5.32 Å². The summed E-state index contributed by atoms with van der Waals surface area (Å²) in [5.74, 6) is -0.947. The lowest BCUT2D eigenvalue weighted by atomic mass is 9.99. The largest absolute Gasteiger partial charge is 0.356 e. The van der Waals surface area contributed by atoms with E-state index < -0.39 is 15.8 Å². The van der Waals surface area contributed by atoms with Crippen molar-refractivity contribution >= 4 is 15.9 Å². The summed E-state index contributed by atoms with van der Waals surface area (Å²) in [6.07, 6.45) is 3.01. The number of carbonyl (C=O) groups is 1. The van der Waals surface area contributed by atoms with Crippen LogP contribution in [-0.4, -0.2) is 38.3 Å². The number of amides is 1. The molecule has 0 unspecified atom stereocenters. The molecule has 29 heavy (non-hydrogen) atoms. The smallest absolute Gasteiger partial charge is 0.243 e. The average molecular weight is 419 g/mol. The van der Waals surface area contributed by atoms with Crippen molar-refractivity contribution < 1.29 is 17.6 Å². The van der Waals surface area contributed by atoms with Crippen LogP contribution in [-0.2, 0) is 21.2 Å². The average Bonchev–Trinajstić information content (AvgIpc) is 2.73. The van der Waals surface area contributed by atoms with Gasteiger partial charge in [0.2, 0.25) is 15.9 Å². The maximum Gasteiger partial charge on any atom is 0.243 e. The van der Waals surface area contributed by atoms with Crippen molar-refractivity contribution in [1.82, 2.24) is 9.62 Å². The molecule has 1 amide bonds. The van der Waals surface area contributed by atoms with Gasteiger partial charge in [0.05, 0.1) is 10.8 Å². The normalized spacial score (nSPS) is 17.8. The number of halogens is 1. The molecule has 0 aliphatic carbocycles. The SMILES string of the molecule is Cc1ccc(CCCNC(=O)[C@H]2CCCN(S(=O)(=O)c3ccc(F)cc3)C2)cc1. The first kappa shape index (κ1) is 21.5. The van der Waals surface area contributed by atoms with Gasteiger partial charge in [-0.25, -0.2) is 12.8 Å². The lowest BCUT2D eigenvalue weighted by Gasteiger charge is -2.31. The molecule has 3 rings (SSSR count). The maximum atomic E-state index is 13.1. The molecule has 1 N–H and O–H groups in total. The quantitative estimate of drug-likeness (QED) is 0.702. The molecule has 1 saturated heterocycles. The van der Waals surface area contributed by atoms with Gasteiger partial charge in [-0.15, -0.1) is 0 Å². The first-order chi connectivity index (χ1) is 13.9. The van der Waals surface area contributed by atoms with E-state index in [-0.39, 0.29) is 23.3 Å². The van der Waals surface area contributed by atoms with E-state index in [0.717, 1.165) is 25.0 Å². The molecule has 1 atom stereocenters. The number of nitrogens with one attached hydrogen (secondary N) is 1. The summed E-state index contributed by atoms with van der Waals surface area (Å²) < 4.78 is 40.0. The molecule has 7 heteroatoms. The van der Waals surface area contributed by atoms with Gasteiger partial charge in [-0.2, -0.15) is 4.31 Å². The van der Waals surface area contributed by atoms with E-state index in [1.54, 1.807) is 0 Å².